The summed E-state index contributed by atoms with van der Waals surface area (Å²) in [5, 5.41) is 3.46. The fraction of sp³-hybridized carbons (Fsp3) is 0.346. The summed E-state index contributed by atoms with van der Waals surface area (Å²) in [6.45, 7) is 11.0. The van der Waals surface area contributed by atoms with Crippen LogP contribution in [0.15, 0.2) is 78.7 Å². The van der Waals surface area contributed by atoms with E-state index in [4.69, 9.17) is 4.74 Å². The Bertz CT molecular complexity index is 984. The first kappa shape index (κ1) is 23.3. The van der Waals surface area contributed by atoms with E-state index in [0.29, 0.717) is 30.4 Å². The molecule has 0 unspecified atom stereocenters. The molecule has 168 valence electrons. The van der Waals surface area contributed by atoms with Gasteiger partial charge in [-0.05, 0) is 45.8 Å². The second-order valence-electron chi connectivity index (χ2n) is 7.73. The van der Waals surface area contributed by atoms with Crippen molar-refractivity contribution in [2.45, 2.75) is 45.7 Å². The quantitative estimate of drug-likeness (QED) is 0.362. The number of piperidine rings is 1. The van der Waals surface area contributed by atoms with E-state index in [1.807, 2.05) is 67.3 Å². The summed E-state index contributed by atoms with van der Waals surface area (Å²) in [7, 11) is 0. The smallest absolute Gasteiger partial charge is 0.257 e. The lowest BCUT2D eigenvalue weighted by atomic mass is 9.96. The van der Waals surface area contributed by atoms with Crippen molar-refractivity contribution in [3.63, 3.8) is 0 Å². The molecule has 0 radical (unpaired) electrons. The van der Waals surface area contributed by atoms with Gasteiger partial charge >= 0.3 is 0 Å². The molecule has 6 heteroatoms. The Kier molecular flexibility index (Phi) is 8.20. The Hall–Kier alpha value is -3.41. The van der Waals surface area contributed by atoms with Gasteiger partial charge in [-0.15, -0.1) is 0 Å². The normalized spacial score (nSPS) is 19.1. The lowest BCUT2D eigenvalue weighted by Gasteiger charge is -2.40. The van der Waals surface area contributed by atoms with E-state index in [1.54, 1.807) is 12.3 Å². The zero-order valence-electron chi connectivity index (χ0n) is 19.1. The number of likely N-dealkylation sites (tertiary alicyclic amines) is 1. The van der Waals surface area contributed by atoms with Gasteiger partial charge in [0.05, 0.1) is 17.9 Å². The molecule has 1 N–H and O–H groups in total. The van der Waals surface area contributed by atoms with Crippen LogP contribution in [0.3, 0.4) is 0 Å². The Morgan fingerprint density at radius 3 is 2.81 bits per heavy atom. The molecular formula is C26H32N4O2. The van der Waals surface area contributed by atoms with Gasteiger partial charge in [-0.1, -0.05) is 49.1 Å². The van der Waals surface area contributed by atoms with E-state index in [9.17, 15) is 4.79 Å². The van der Waals surface area contributed by atoms with Crippen LogP contribution in [0.4, 0.5) is 5.95 Å². The molecule has 0 spiro atoms. The van der Waals surface area contributed by atoms with Gasteiger partial charge in [0.15, 0.2) is 0 Å². The highest BCUT2D eigenvalue weighted by atomic mass is 16.5. The van der Waals surface area contributed by atoms with Crippen molar-refractivity contribution in [3.8, 4) is 11.3 Å². The Morgan fingerprint density at radius 2 is 2.09 bits per heavy atom. The third-order valence-corrected chi connectivity index (χ3v) is 5.59. The Labute approximate surface area is 190 Å². The fourth-order valence-corrected chi connectivity index (χ4v) is 3.87. The van der Waals surface area contributed by atoms with Gasteiger partial charge in [0.25, 0.3) is 5.91 Å². The molecule has 0 saturated carbocycles. The van der Waals surface area contributed by atoms with Gasteiger partial charge in [0.1, 0.15) is 5.76 Å². The summed E-state index contributed by atoms with van der Waals surface area (Å²) in [5.41, 5.74) is 2.39. The monoisotopic (exact) mass is 432 g/mol. The van der Waals surface area contributed by atoms with Crippen LogP contribution >= 0.6 is 0 Å². The summed E-state index contributed by atoms with van der Waals surface area (Å²) in [6, 6.07) is 11.9. The zero-order valence-corrected chi connectivity index (χ0v) is 19.1. The molecule has 2 aromatic rings. The number of hydrogen-bond donors (Lipinski definition) is 1. The SMILES string of the molecule is C=C(OCC)/C(=C\C=C/C)C(=O)N1CCC[C@@H](Nc2nccc(-c3ccccc3)n2)[C@H]1C. The number of rotatable bonds is 8. The Morgan fingerprint density at radius 1 is 1.31 bits per heavy atom. The number of amides is 1. The van der Waals surface area contributed by atoms with Crippen LogP contribution in [0.25, 0.3) is 11.3 Å². The average Bonchev–Trinajstić information content (AvgIpc) is 2.81. The minimum Gasteiger partial charge on any atom is -0.494 e. The highest BCUT2D eigenvalue weighted by Gasteiger charge is 2.33. The number of anilines is 1. The van der Waals surface area contributed by atoms with Crippen molar-refractivity contribution in [2.75, 3.05) is 18.5 Å². The molecule has 2 atom stereocenters. The number of benzene rings is 1. The van der Waals surface area contributed by atoms with Crippen LogP contribution < -0.4 is 5.32 Å². The van der Waals surface area contributed by atoms with Crippen LogP contribution in [0.1, 0.15) is 33.6 Å². The maximum atomic E-state index is 13.4. The number of carbonyl (C=O) groups excluding carboxylic acids is 1. The lowest BCUT2D eigenvalue weighted by Crippen LogP contribution is -2.52. The predicted molar refractivity (Wildman–Crippen MR) is 129 cm³/mol. The van der Waals surface area contributed by atoms with E-state index < -0.39 is 0 Å². The molecule has 3 rings (SSSR count). The molecule has 0 aliphatic carbocycles. The van der Waals surface area contributed by atoms with Gasteiger partial charge in [-0.3, -0.25) is 4.79 Å². The standard InChI is InChI=1S/C26H32N4O2/c1-5-7-14-22(20(4)32-6-2)25(31)30-18-11-15-23(19(30)3)28-26-27-17-16-24(29-26)21-12-9-8-10-13-21/h5,7-10,12-14,16-17,19,23H,4,6,11,15,18H2,1-3H3,(H,27,28,29)/b7-5-,22-14+/t19-,23-/m1/s1. The Balaban J connectivity index is 1.77. The number of nitrogens with one attached hydrogen (secondary N) is 1. The van der Waals surface area contributed by atoms with Gasteiger partial charge in [-0.2, -0.15) is 0 Å². The average molecular weight is 433 g/mol. The highest BCUT2D eigenvalue weighted by molar-refractivity contribution is 5.97. The number of hydrogen-bond acceptors (Lipinski definition) is 5. The highest BCUT2D eigenvalue weighted by Crippen LogP contribution is 2.25. The van der Waals surface area contributed by atoms with Crippen LogP contribution in [0, 0.1) is 0 Å². The van der Waals surface area contributed by atoms with Crippen molar-refractivity contribution in [1.82, 2.24) is 14.9 Å². The first-order valence-corrected chi connectivity index (χ1v) is 11.2. The minimum absolute atomic E-state index is 0.0383. The van der Waals surface area contributed by atoms with Gasteiger partial charge < -0.3 is 15.0 Å². The van der Waals surface area contributed by atoms with Crippen LogP contribution in [-0.4, -0.2) is 46.0 Å². The molecule has 1 aliphatic heterocycles. The van der Waals surface area contributed by atoms with Crippen molar-refractivity contribution in [2.24, 2.45) is 0 Å². The van der Waals surface area contributed by atoms with Crippen LogP contribution in [0.5, 0.6) is 0 Å². The van der Waals surface area contributed by atoms with Crippen molar-refractivity contribution < 1.29 is 9.53 Å². The number of aromatic nitrogens is 2. The molecule has 2 heterocycles. The fourth-order valence-electron chi connectivity index (χ4n) is 3.87. The van der Waals surface area contributed by atoms with Crippen molar-refractivity contribution in [3.05, 3.63) is 78.7 Å². The zero-order chi connectivity index (χ0) is 22.9. The maximum absolute atomic E-state index is 13.4. The second kappa shape index (κ2) is 11.3. The molecule has 1 aromatic carbocycles. The first-order valence-electron chi connectivity index (χ1n) is 11.2. The van der Waals surface area contributed by atoms with Crippen LogP contribution in [0.2, 0.25) is 0 Å². The summed E-state index contributed by atoms with van der Waals surface area (Å²) in [5.74, 6) is 0.900. The molecule has 32 heavy (non-hydrogen) atoms. The number of carbonyl (C=O) groups is 1. The molecular weight excluding hydrogens is 400 g/mol. The van der Waals surface area contributed by atoms with E-state index in [0.717, 1.165) is 24.1 Å². The molecule has 1 aliphatic rings. The molecule has 1 amide bonds. The van der Waals surface area contributed by atoms with Gasteiger partial charge in [0.2, 0.25) is 5.95 Å². The van der Waals surface area contributed by atoms with E-state index in [1.165, 1.54) is 0 Å². The molecule has 0 bridgehead atoms. The van der Waals surface area contributed by atoms with E-state index in [-0.39, 0.29) is 18.0 Å². The number of nitrogens with zero attached hydrogens (tertiary/aromatic N) is 3. The third kappa shape index (κ3) is 5.63. The summed E-state index contributed by atoms with van der Waals surface area (Å²) >= 11 is 0. The van der Waals surface area contributed by atoms with Gasteiger partial charge in [0, 0.05) is 30.4 Å². The summed E-state index contributed by atoms with van der Waals surface area (Å²) in [4.78, 5) is 24.4. The summed E-state index contributed by atoms with van der Waals surface area (Å²) in [6.07, 6.45) is 9.08. The van der Waals surface area contributed by atoms with Crippen LogP contribution in [-0.2, 0) is 9.53 Å². The molecule has 6 nitrogen and oxygen atoms in total. The number of ether oxygens (including phenoxy) is 1. The topological polar surface area (TPSA) is 67.3 Å². The third-order valence-electron chi connectivity index (χ3n) is 5.59. The maximum Gasteiger partial charge on any atom is 0.257 e. The molecule has 1 aromatic heterocycles. The summed E-state index contributed by atoms with van der Waals surface area (Å²) < 4.78 is 5.55. The first-order chi connectivity index (χ1) is 15.5. The second-order valence-corrected chi connectivity index (χ2v) is 7.73. The largest absolute Gasteiger partial charge is 0.494 e. The molecule has 1 fully saturated rings. The molecule has 1 saturated heterocycles. The van der Waals surface area contributed by atoms with Crippen molar-refractivity contribution in [1.29, 1.82) is 0 Å². The van der Waals surface area contributed by atoms with Gasteiger partial charge in [-0.25, -0.2) is 9.97 Å². The van der Waals surface area contributed by atoms with E-state index >= 15 is 0 Å². The number of allylic oxidation sites excluding steroid dienone is 3. The van der Waals surface area contributed by atoms with Crippen molar-refractivity contribution >= 4 is 11.9 Å². The van der Waals surface area contributed by atoms with E-state index in [2.05, 4.69) is 28.8 Å². The predicted octanol–water partition coefficient (Wildman–Crippen LogP) is 4.99. The minimum atomic E-state index is -0.0699. The lowest BCUT2D eigenvalue weighted by molar-refractivity contribution is -0.130.